The highest BCUT2D eigenvalue weighted by molar-refractivity contribution is 9.10. The van der Waals surface area contributed by atoms with E-state index in [1.54, 1.807) is 18.3 Å². The van der Waals surface area contributed by atoms with Crippen LogP contribution >= 0.6 is 15.9 Å². The van der Waals surface area contributed by atoms with Gasteiger partial charge in [-0.25, -0.2) is 9.37 Å². The fraction of sp³-hybridized carbons (Fsp3) is 0.214. The molecule has 0 spiro atoms. The number of hydrogen-bond donors (Lipinski definition) is 1. The molecule has 0 aliphatic heterocycles. The number of anilines is 2. The summed E-state index contributed by atoms with van der Waals surface area (Å²) in [6.45, 7) is 2.36. The molecule has 1 heterocycles. The minimum absolute atomic E-state index is 0.211. The van der Waals surface area contributed by atoms with E-state index in [9.17, 15) is 4.39 Å². The Morgan fingerprint density at radius 2 is 2.05 bits per heavy atom. The zero-order valence-electron chi connectivity index (χ0n) is 10.8. The molecule has 0 bridgehead atoms. The summed E-state index contributed by atoms with van der Waals surface area (Å²) in [6, 6.07) is 6.73. The van der Waals surface area contributed by atoms with Crippen LogP contribution in [0.1, 0.15) is 11.1 Å². The van der Waals surface area contributed by atoms with Crippen LogP contribution in [0.4, 0.5) is 15.9 Å². The first-order valence-corrected chi connectivity index (χ1v) is 6.65. The van der Waals surface area contributed by atoms with Gasteiger partial charge in [0.25, 0.3) is 0 Å². The molecule has 0 saturated heterocycles. The largest absolute Gasteiger partial charge is 0.397 e. The summed E-state index contributed by atoms with van der Waals surface area (Å²) in [7, 11) is 1.87. The van der Waals surface area contributed by atoms with E-state index in [1.807, 2.05) is 24.9 Å². The van der Waals surface area contributed by atoms with E-state index in [-0.39, 0.29) is 5.82 Å². The average Bonchev–Trinajstić information content (AvgIpc) is 2.39. The monoisotopic (exact) mass is 323 g/mol. The summed E-state index contributed by atoms with van der Waals surface area (Å²) >= 11 is 3.49. The SMILES string of the molecule is Cc1c(N)cnc(N(C)Cc2ccccc2F)c1Br. The molecular weight excluding hydrogens is 309 g/mol. The van der Waals surface area contributed by atoms with Crippen molar-refractivity contribution in [1.82, 2.24) is 4.98 Å². The molecule has 0 aliphatic rings. The van der Waals surface area contributed by atoms with Crippen molar-refractivity contribution >= 4 is 27.4 Å². The summed E-state index contributed by atoms with van der Waals surface area (Å²) in [4.78, 5) is 6.18. The molecular formula is C14H15BrFN3. The summed E-state index contributed by atoms with van der Waals surface area (Å²) in [6.07, 6.45) is 1.62. The standard InChI is InChI=1S/C14H15BrFN3/c1-9-12(17)7-18-14(13(9)15)19(2)8-10-5-3-4-6-11(10)16/h3-7H,8,17H2,1-2H3. The van der Waals surface area contributed by atoms with Gasteiger partial charge < -0.3 is 10.6 Å². The third-order valence-corrected chi connectivity index (χ3v) is 3.96. The molecule has 2 N–H and O–H groups in total. The number of pyridine rings is 1. The van der Waals surface area contributed by atoms with Gasteiger partial charge in [-0.15, -0.1) is 0 Å². The molecule has 5 heteroatoms. The Morgan fingerprint density at radius 1 is 1.37 bits per heavy atom. The number of nitrogens with two attached hydrogens (primary N) is 1. The fourth-order valence-electron chi connectivity index (χ4n) is 1.80. The lowest BCUT2D eigenvalue weighted by molar-refractivity contribution is 0.607. The molecule has 100 valence electrons. The molecule has 0 saturated carbocycles. The van der Waals surface area contributed by atoms with Gasteiger partial charge in [0.2, 0.25) is 0 Å². The molecule has 0 unspecified atom stereocenters. The Balaban J connectivity index is 2.28. The maximum absolute atomic E-state index is 13.6. The quantitative estimate of drug-likeness (QED) is 0.939. The minimum Gasteiger partial charge on any atom is -0.397 e. The fourth-order valence-corrected chi connectivity index (χ4v) is 2.44. The van der Waals surface area contributed by atoms with Crippen molar-refractivity contribution in [2.75, 3.05) is 17.7 Å². The Labute approximate surface area is 120 Å². The maximum Gasteiger partial charge on any atom is 0.143 e. The van der Waals surface area contributed by atoms with E-state index in [2.05, 4.69) is 20.9 Å². The molecule has 19 heavy (non-hydrogen) atoms. The highest BCUT2D eigenvalue weighted by Crippen LogP contribution is 2.30. The average molecular weight is 324 g/mol. The van der Waals surface area contributed by atoms with Crippen molar-refractivity contribution in [3.8, 4) is 0 Å². The van der Waals surface area contributed by atoms with Gasteiger partial charge >= 0.3 is 0 Å². The Morgan fingerprint density at radius 3 is 2.74 bits per heavy atom. The molecule has 1 aromatic carbocycles. The molecule has 1 aromatic heterocycles. The van der Waals surface area contributed by atoms with Crippen LogP contribution in [-0.4, -0.2) is 12.0 Å². The normalized spacial score (nSPS) is 10.5. The van der Waals surface area contributed by atoms with Gasteiger partial charge in [0.15, 0.2) is 0 Å². The van der Waals surface area contributed by atoms with Crippen LogP contribution in [0.2, 0.25) is 0 Å². The van der Waals surface area contributed by atoms with Gasteiger partial charge in [0, 0.05) is 19.2 Å². The third kappa shape index (κ3) is 2.87. The Bertz CT molecular complexity index is 601. The first-order chi connectivity index (χ1) is 9.00. The van der Waals surface area contributed by atoms with Crippen molar-refractivity contribution in [3.63, 3.8) is 0 Å². The Kier molecular flexibility index (Phi) is 4.04. The van der Waals surface area contributed by atoms with Crippen molar-refractivity contribution in [1.29, 1.82) is 0 Å². The third-order valence-electron chi connectivity index (χ3n) is 3.01. The molecule has 2 aromatic rings. The summed E-state index contributed by atoms with van der Waals surface area (Å²) in [5, 5.41) is 0. The predicted octanol–water partition coefficient (Wildman–Crippen LogP) is 3.51. The van der Waals surface area contributed by atoms with E-state index in [1.165, 1.54) is 6.07 Å². The van der Waals surface area contributed by atoms with Crippen molar-refractivity contribution in [2.45, 2.75) is 13.5 Å². The first kappa shape index (κ1) is 13.8. The van der Waals surface area contributed by atoms with Gasteiger partial charge in [0.1, 0.15) is 11.6 Å². The van der Waals surface area contributed by atoms with Crippen molar-refractivity contribution in [3.05, 3.63) is 51.9 Å². The zero-order valence-corrected chi connectivity index (χ0v) is 12.4. The number of nitrogens with zero attached hydrogens (tertiary/aromatic N) is 2. The molecule has 0 fully saturated rings. The van der Waals surface area contributed by atoms with Crippen LogP contribution in [0.5, 0.6) is 0 Å². The number of hydrogen-bond acceptors (Lipinski definition) is 3. The van der Waals surface area contributed by atoms with Crippen LogP contribution < -0.4 is 10.6 Å². The minimum atomic E-state index is -0.211. The molecule has 2 rings (SSSR count). The first-order valence-electron chi connectivity index (χ1n) is 5.86. The summed E-state index contributed by atoms with van der Waals surface area (Å²) in [5.41, 5.74) is 8.00. The van der Waals surface area contributed by atoms with E-state index < -0.39 is 0 Å². The topological polar surface area (TPSA) is 42.1 Å². The van der Waals surface area contributed by atoms with E-state index in [4.69, 9.17) is 5.73 Å². The second kappa shape index (κ2) is 5.57. The van der Waals surface area contributed by atoms with Gasteiger partial charge in [-0.05, 0) is 34.5 Å². The van der Waals surface area contributed by atoms with Gasteiger partial charge in [-0.3, -0.25) is 0 Å². The lowest BCUT2D eigenvalue weighted by atomic mass is 10.2. The van der Waals surface area contributed by atoms with Crippen LogP contribution in [0.25, 0.3) is 0 Å². The van der Waals surface area contributed by atoms with Crippen molar-refractivity contribution in [2.24, 2.45) is 0 Å². The van der Waals surface area contributed by atoms with Crippen LogP contribution in [0, 0.1) is 12.7 Å². The highest BCUT2D eigenvalue weighted by atomic mass is 79.9. The number of rotatable bonds is 3. The van der Waals surface area contributed by atoms with E-state index >= 15 is 0 Å². The molecule has 0 aliphatic carbocycles. The molecule has 0 amide bonds. The number of aromatic nitrogens is 1. The molecule has 0 radical (unpaired) electrons. The van der Waals surface area contributed by atoms with E-state index in [0.717, 1.165) is 15.9 Å². The lowest BCUT2D eigenvalue weighted by Gasteiger charge is -2.21. The second-order valence-corrected chi connectivity index (χ2v) is 5.22. The number of benzene rings is 1. The van der Waals surface area contributed by atoms with Gasteiger partial charge in [-0.1, -0.05) is 18.2 Å². The van der Waals surface area contributed by atoms with Crippen LogP contribution in [0.3, 0.4) is 0 Å². The van der Waals surface area contributed by atoms with Gasteiger partial charge in [0.05, 0.1) is 16.4 Å². The highest BCUT2D eigenvalue weighted by Gasteiger charge is 2.13. The summed E-state index contributed by atoms with van der Waals surface area (Å²) < 4.78 is 14.5. The van der Waals surface area contributed by atoms with Crippen molar-refractivity contribution < 1.29 is 4.39 Å². The smallest absolute Gasteiger partial charge is 0.143 e. The molecule has 0 atom stereocenters. The summed E-state index contributed by atoms with van der Waals surface area (Å²) in [5.74, 6) is 0.535. The number of nitrogen functional groups attached to an aromatic ring is 1. The zero-order chi connectivity index (χ0) is 14.0. The predicted molar refractivity (Wildman–Crippen MR) is 79.6 cm³/mol. The van der Waals surface area contributed by atoms with Crippen LogP contribution in [-0.2, 0) is 6.54 Å². The number of halogens is 2. The van der Waals surface area contributed by atoms with E-state index in [0.29, 0.717) is 17.8 Å². The maximum atomic E-state index is 13.6. The lowest BCUT2D eigenvalue weighted by Crippen LogP contribution is -2.19. The Hall–Kier alpha value is -1.62. The van der Waals surface area contributed by atoms with Gasteiger partial charge in [-0.2, -0.15) is 0 Å². The molecule has 3 nitrogen and oxygen atoms in total. The van der Waals surface area contributed by atoms with Crippen LogP contribution in [0.15, 0.2) is 34.9 Å². The second-order valence-electron chi connectivity index (χ2n) is 4.42.